The second-order valence-electron chi connectivity index (χ2n) is 11.2. The van der Waals surface area contributed by atoms with Crippen molar-refractivity contribution < 1.29 is 24.2 Å². The summed E-state index contributed by atoms with van der Waals surface area (Å²) >= 11 is 1.65. The van der Waals surface area contributed by atoms with Gasteiger partial charge in [-0.2, -0.15) is 0 Å². The number of aliphatic hydroxyl groups is 1. The third-order valence-electron chi connectivity index (χ3n) is 9.29. The fraction of sp³-hybridized carbons (Fsp3) is 0.633. The van der Waals surface area contributed by atoms with Crippen LogP contribution in [0.25, 0.3) is 0 Å². The highest BCUT2D eigenvalue weighted by molar-refractivity contribution is 8.02. The number of carbonyl (C=O) groups is 3. The number of carbonyl (C=O) groups excluding carboxylic acids is 3. The van der Waals surface area contributed by atoms with E-state index in [2.05, 4.69) is 13.5 Å². The third-order valence-corrected chi connectivity index (χ3v) is 11.4. The van der Waals surface area contributed by atoms with Gasteiger partial charge >= 0.3 is 5.97 Å². The number of esters is 1. The number of likely N-dealkylation sites (tertiary alicyclic amines) is 1. The van der Waals surface area contributed by atoms with Gasteiger partial charge in [-0.25, -0.2) is 0 Å². The number of thioether (sulfide) groups is 1. The van der Waals surface area contributed by atoms with Gasteiger partial charge in [0.05, 0.1) is 35.8 Å². The number of ether oxygens (including phenoxy) is 1. The van der Waals surface area contributed by atoms with E-state index in [1.807, 2.05) is 35.2 Å². The number of hydrogen-bond acceptors (Lipinski definition) is 6. The zero-order valence-electron chi connectivity index (χ0n) is 22.5. The quantitative estimate of drug-likeness (QED) is 0.377. The first-order chi connectivity index (χ1) is 18.4. The molecule has 0 radical (unpaired) electrons. The average molecular weight is 541 g/mol. The maximum Gasteiger partial charge on any atom is 0.310 e. The Morgan fingerprint density at radius 2 is 1.97 bits per heavy atom. The van der Waals surface area contributed by atoms with E-state index in [-0.39, 0.29) is 48.2 Å². The summed E-state index contributed by atoms with van der Waals surface area (Å²) in [6, 6.07) is 8.08. The van der Waals surface area contributed by atoms with Crippen LogP contribution >= 0.6 is 11.8 Å². The maximum atomic E-state index is 14.8. The van der Waals surface area contributed by atoms with E-state index < -0.39 is 28.7 Å². The third kappa shape index (κ3) is 4.19. The summed E-state index contributed by atoms with van der Waals surface area (Å²) in [5, 5.41) is 10.6. The van der Waals surface area contributed by atoms with Gasteiger partial charge in [0, 0.05) is 17.8 Å². The van der Waals surface area contributed by atoms with Crippen molar-refractivity contribution in [3.8, 4) is 0 Å². The van der Waals surface area contributed by atoms with Crippen molar-refractivity contribution in [3.63, 3.8) is 0 Å². The molecular weight excluding hydrogens is 500 g/mol. The van der Waals surface area contributed by atoms with Gasteiger partial charge in [-0.1, -0.05) is 62.6 Å². The van der Waals surface area contributed by atoms with Crippen LogP contribution in [0.2, 0.25) is 0 Å². The molecule has 1 spiro atoms. The van der Waals surface area contributed by atoms with Crippen molar-refractivity contribution in [2.24, 2.45) is 17.8 Å². The standard InChI is InChI=1S/C30H40N2O5S/c1-4-16-31(21-14-10-7-11-15-21)28(35)26-30-19(3)17-23(38-30)24(29(36)37-5-2)25(30)27(34)32(26)22(18-33)20-12-8-6-9-13-20/h4,6,8-9,12-13,19,21-26,33H,1,5,7,10-11,14-18H2,2-3H3/t19?,22-,23+,24-,25+,26?,30?/m1/s1. The van der Waals surface area contributed by atoms with Crippen molar-refractivity contribution >= 4 is 29.5 Å². The molecule has 1 saturated carbocycles. The summed E-state index contributed by atoms with van der Waals surface area (Å²) in [6.07, 6.45) is 7.74. The molecule has 7 nitrogen and oxygen atoms in total. The summed E-state index contributed by atoms with van der Waals surface area (Å²) in [5.41, 5.74) is 0.783. The maximum absolute atomic E-state index is 14.8. The van der Waals surface area contributed by atoms with Crippen LogP contribution in [0.1, 0.15) is 64.0 Å². The number of amides is 2. The lowest BCUT2D eigenvalue weighted by atomic mass is 9.66. The smallest absolute Gasteiger partial charge is 0.310 e. The molecule has 1 N–H and O–H groups in total. The second kappa shape index (κ2) is 11.0. The molecule has 3 heterocycles. The summed E-state index contributed by atoms with van der Waals surface area (Å²) in [7, 11) is 0. The molecule has 4 aliphatic rings. The Kier molecular flexibility index (Phi) is 7.92. The van der Waals surface area contributed by atoms with Gasteiger partial charge in [0.25, 0.3) is 0 Å². The Bertz CT molecular complexity index is 1060. The van der Waals surface area contributed by atoms with Crippen LogP contribution in [0, 0.1) is 17.8 Å². The molecule has 206 valence electrons. The lowest BCUT2D eigenvalue weighted by Crippen LogP contribution is -2.59. The van der Waals surface area contributed by atoms with Crippen molar-refractivity contribution in [1.82, 2.24) is 9.80 Å². The number of nitrogens with zero attached hydrogens (tertiary/aromatic N) is 2. The Labute approximate surface area is 230 Å². The highest BCUT2D eigenvalue weighted by atomic mass is 32.2. The number of aliphatic hydroxyl groups excluding tert-OH is 1. The molecule has 2 amide bonds. The van der Waals surface area contributed by atoms with E-state index in [0.29, 0.717) is 6.54 Å². The lowest BCUT2D eigenvalue weighted by molar-refractivity contribution is -0.154. The Balaban J connectivity index is 1.63. The van der Waals surface area contributed by atoms with Gasteiger partial charge in [0.2, 0.25) is 11.8 Å². The molecule has 8 heteroatoms. The number of rotatable bonds is 9. The van der Waals surface area contributed by atoms with Crippen LogP contribution in [0.5, 0.6) is 0 Å². The highest BCUT2D eigenvalue weighted by Gasteiger charge is 2.77. The largest absolute Gasteiger partial charge is 0.466 e. The first-order valence-corrected chi connectivity index (χ1v) is 15.0. The molecule has 1 aromatic rings. The van der Waals surface area contributed by atoms with E-state index in [1.165, 1.54) is 6.42 Å². The topological polar surface area (TPSA) is 87.2 Å². The normalized spacial score (nSPS) is 33.2. The Hall–Kier alpha value is -2.32. The predicted molar refractivity (Wildman–Crippen MR) is 147 cm³/mol. The van der Waals surface area contributed by atoms with Crippen LogP contribution in [-0.2, 0) is 19.1 Å². The monoisotopic (exact) mass is 540 g/mol. The van der Waals surface area contributed by atoms with Crippen LogP contribution in [0.4, 0.5) is 0 Å². The molecular formula is C30H40N2O5S. The fourth-order valence-corrected chi connectivity index (χ4v) is 10.1. The summed E-state index contributed by atoms with van der Waals surface area (Å²) in [6.45, 7) is 8.20. The molecule has 3 unspecified atom stereocenters. The van der Waals surface area contributed by atoms with Crippen LogP contribution in [-0.4, -0.2) is 74.5 Å². The average Bonchev–Trinajstić information content (AvgIpc) is 3.53. The number of hydrogen-bond donors (Lipinski definition) is 1. The SMILES string of the molecule is C=CCN(C(=O)C1N([C@H](CO)c2ccccc2)C(=O)[C@@H]2[C@H](C(=O)OCC)[C@@H]3CC(C)C12S3)C1CCCCC1. The molecule has 7 atom stereocenters. The van der Waals surface area contributed by atoms with Gasteiger partial charge in [-0.3, -0.25) is 14.4 Å². The second-order valence-corrected chi connectivity index (χ2v) is 12.8. The predicted octanol–water partition coefficient (Wildman–Crippen LogP) is 3.97. The van der Waals surface area contributed by atoms with Gasteiger partial charge in [0.1, 0.15) is 6.04 Å². The Morgan fingerprint density at radius 3 is 2.61 bits per heavy atom. The first kappa shape index (κ1) is 27.3. The summed E-state index contributed by atoms with van der Waals surface area (Å²) in [4.78, 5) is 46.1. The molecule has 1 aliphatic carbocycles. The van der Waals surface area contributed by atoms with Crippen LogP contribution < -0.4 is 0 Å². The minimum absolute atomic E-state index is 0.0534. The number of benzene rings is 1. The molecule has 4 fully saturated rings. The van der Waals surface area contributed by atoms with Crippen LogP contribution in [0.3, 0.4) is 0 Å². The van der Waals surface area contributed by atoms with Gasteiger partial charge in [-0.05, 0) is 37.7 Å². The zero-order valence-corrected chi connectivity index (χ0v) is 23.3. The Morgan fingerprint density at radius 1 is 1.26 bits per heavy atom. The van der Waals surface area contributed by atoms with Crippen molar-refractivity contribution in [2.75, 3.05) is 19.8 Å². The van der Waals surface area contributed by atoms with E-state index in [1.54, 1.807) is 29.7 Å². The van der Waals surface area contributed by atoms with E-state index in [0.717, 1.165) is 37.7 Å². The van der Waals surface area contributed by atoms with Crippen molar-refractivity contribution in [3.05, 3.63) is 48.6 Å². The molecule has 3 aliphatic heterocycles. The lowest BCUT2D eigenvalue weighted by Gasteiger charge is -2.44. The first-order valence-electron chi connectivity index (χ1n) is 14.1. The zero-order chi connectivity index (χ0) is 27.0. The fourth-order valence-electron chi connectivity index (χ4n) is 7.72. The van der Waals surface area contributed by atoms with Gasteiger partial charge in [0.15, 0.2) is 0 Å². The van der Waals surface area contributed by atoms with E-state index in [4.69, 9.17) is 4.74 Å². The highest BCUT2D eigenvalue weighted by Crippen LogP contribution is 2.69. The van der Waals surface area contributed by atoms with Gasteiger partial charge < -0.3 is 19.6 Å². The van der Waals surface area contributed by atoms with E-state index >= 15 is 0 Å². The summed E-state index contributed by atoms with van der Waals surface area (Å²) in [5.74, 6) is -1.81. The number of fused-ring (bicyclic) bond motifs is 1. The summed E-state index contributed by atoms with van der Waals surface area (Å²) < 4.78 is 4.73. The molecule has 1 aromatic carbocycles. The molecule has 5 rings (SSSR count). The van der Waals surface area contributed by atoms with Crippen LogP contribution in [0.15, 0.2) is 43.0 Å². The van der Waals surface area contributed by atoms with Crippen molar-refractivity contribution in [1.29, 1.82) is 0 Å². The minimum Gasteiger partial charge on any atom is -0.466 e. The molecule has 3 saturated heterocycles. The van der Waals surface area contributed by atoms with Crippen molar-refractivity contribution in [2.45, 2.75) is 80.5 Å². The minimum atomic E-state index is -0.774. The molecule has 38 heavy (non-hydrogen) atoms. The molecule has 0 aromatic heterocycles. The molecule has 2 bridgehead atoms. The van der Waals surface area contributed by atoms with Gasteiger partial charge in [-0.15, -0.1) is 18.3 Å². The van der Waals surface area contributed by atoms with E-state index in [9.17, 15) is 19.5 Å².